The molecule has 0 amide bonds. The molecule has 0 fully saturated rings. The number of ether oxygens (including phenoxy) is 1. The molecule has 0 spiro atoms. The fourth-order valence-electron chi connectivity index (χ4n) is 6.12. The van der Waals surface area contributed by atoms with Gasteiger partial charge in [0.1, 0.15) is 0 Å². The first kappa shape index (κ1) is 41.2. The highest BCUT2D eigenvalue weighted by atomic mass is 16.5. The van der Waals surface area contributed by atoms with E-state index < -0.39 is 0 Å². The summed E-state index contributed by atoms with van der Waals surface area (Å²) in [5.74, 6) is 3.50. The summed E-state index contributed by atoms with van der Waals surface area (Å²) in [6.07, 6.45) is 32.8. The summed E-state index contributed by atoms with van der Waals surface area (Å²) in [6, 6.07) is 0. The number of unbranched alkanes of at least 4 members (excludes halogenated alkanes) is 1. The first-order valence-corrected chi connectivity index (χ1v) is 18.3. The summed E-state index contributed by atoms with van der Waals surface area (Å²) in [5.41, 5.74) is 4.65. The zero-order valence-electron chi connectivity index (χ0n) is 30.9. The van der Waals surface area contributed by atoms with Crippen LogP contribution in [-0.4, -0.2) is 12.7 Å². The zero-order chi connectivity index (χ0) is 31.8. The molecular formula is C41H78O. The van der Waals surface area contributed by atoms with Gasteiger partial charge in [-0.1, -0.05) is 114 Å². The minimum atomic E-state index is 0.0162. The Balaban J connectivity index is 3.83. The molecule has 0 heterocycles. The van der Waals surface area contributed by atoms with E-state index in [1.54, 1.807) is 11.1 Å². The standard InChI is InChI=1S/C41H78O/c1-34(2)20-14-23-37(5)26-17-29-38(6)27-15-24-35(3)21-12-13-22-36(4)25-16-28-39(7)30-18-31-40(8)32-19-33-41(9,10)42-11/h20,22,31,35,37-39H,12-19,21,23-30,32-33H2,1-11H3/b36-22+,40-31+. The maximum atomic E-state index is 5.54. The molecule has 0 aliphatic rings. The van der Waals surface area contributed by atoms with Gasteiger partial charge in [-0.25, -0.2) is 0 Å². The highest BCUT2D eigenvalue weighted by Gasteiger charge is 2.15. The van der Waals surface area contributed by atoms with Crippen LogP contribution in [-0.2, 0) is 4.74 Å². The van der Waals surface area contributed by atoms with Gasteiger partial charge < -0.3 is 4.74 Å². The smallest absolute Gasteiger partial charge is 0.0622 e. The van der Waals surface area contributed by atoms with Crippen molar-refractivity contribution in [2.24, 2.45) is 23.7 Å². The fraction of sp³-hybridized carbons (Fsp3) is 0.854. The van der Waals surface area contributed by atoms with Gasteiger partial charge in [0.2, 0.25) is 0 Å². The van der Waals surface area contributed by atoms with Gasteiger partial charge in [0.05, 0.1) is 5.60 Å². The average Bonchev–Trinajstić information content (AvgIpc) is 2.91. The lowest BCUT2D eigenvalue weighted by molar-refractivity contribution is 0.0140. The van der Waals surface area contributed by atoms with Crippen LogP contribution in [0.15, 0.2) is 34.9 Å². The molecule has 4 unspecified atom stereocenters. The summed E-state index contributed by atoms with van der Waals surface area (Å²) >= 11 is 0. The average molecular weight is 587 g/mol. The normalized spacial score (nSPS) is 15.9. The lowest BCUT2D eigenvalue weighted by Gasteiger charge is -2.22. The van der Waals surface area contributed by atoms with E-state index in [1.165, 1.54) is 121 Å². The summed E-state index contributed by atoms with van der Waals surface area (Å²) in [5, 5.41) is 0. The molecule has 0 aromatic heterocycles. The Bertz CT molecular complexity index is 719. The molecule has 248 valence electrons. The first-order chi connectivity index (χ1) is 19.8. The van der Waals surface area contributed by atoms with Crippen LogP contribution in [0.3, 0.4) is 0 Å². The Morgan fingerprint density at radius 3 is 1.43 bits per heavy atom. The van der Waals surface area contributed by atoms with Crippen LogP contribution in [0.5, 0.6) is 0 Å². The predicted octanol–water partition coefficient (Wildman–Crippen LogP) is 14.2. The molecule has 1 nitrogen and oxygen atoms in total. The third-order valence-corrected chi connectivity index (χ3v) is 9.72. The van der Waals surface area contributed by atoms with E-state index in [-0.39, 0.29) is 5.60 Å². The molecular weight excluding hydrogens is 508 g/mol. The van der Waals surface area contributed by atoms with Crippen molar-refractivity contribution in [3.8, 4) is 0 Å². The number of hydrogen-bond acceptors (Lipinski definition) is 1. The Kier molecular flexibility index (Phi) is 25.0. The zero-order valence-corrected chi connectivity index (χ0v) is 30.9. The van der Waals surface area contributed by atoms with Crippen molar-refractivity contribution in [1.29, 1.82) is 0 Å². The van der Waals surface area contributed by atoms with Crippen molar-refractivity contribution in [3.05, 3.63) is 34.9 Å². The number of rotatable bonds is 27. The molecule has 42 heavy (non-hydrogen) atoms. The lowest BCUT2D eigenvalue weighted by Crippen LogP contribution is -2.21. The Hall–Kier alpha value is -0.820. The van der Waals surface area contributed by atoms with Crippen molar-refractivity contribution in [3.63, 3.8) is 0 Å². The van der Waals surface area contributed by atoms with E-state index in [4.69, 9.17) is 4.74 Å². The number of allylic oxidation sites excluding steroid dienone is 6. The fourth-order valence-corrected chi connectivity index (χ4v) is 6.12. The number of hydrogen-bond donors (Lipinski definition) is 0. The van der Waals surface area contributed by atoms with Crippen molar-refractivity contribution >= 4 is 0 Å². The van der Waals surface area contributed by atoms with Gasteiger partial charge in [0.15, 0.2) is 0 Å². The maximum Gasteiger partial charge on any atom is 0.0622 e. The van der Waals surface area contributed by atoms with Gasteiger partial charge in [-0.2, -0.15) is 0 Å². The van der Waals surface area contributed by atoms with E-state index in [1.807, 2.05) is 7.11 Å². The van der Waals surface area contributed by atoms with E-state index in [9.17, 15) is 0 Å². The van der Waals surface area contributed by atoms with Crippen molar-refractivity contribution < 1.29 is 4.74 Å². The van der Waals surface area contributed by atoms with Gasteiger partial charge >= 0.3 is 0 Å². The van der Waals surface area contributed by atoms with Gasteiger partial charge in [0.25, 0.3) is 0 Å². The third-order valence-electron chi connectivity index (χ3n) is 9.72. The molecule has 0 aliphatic heterocycles. The predicted molar refractivity (Wildman–Crippen MR) is 192 cm³/mol. The molecule has 0 rings (SSSR count). The highest BCUT2D eigenvalue weighted by Crippen LogP contribution is 2.24. The minimum Gasteiger partial charge on any atom is -0.379 e. The van der Waals surface area contributed by atoms with Crippen LogP contribution < -0.4 is 0 Å². The second kappa shape index (κ2) is 25.5. The van der Waals surface area contributed by atoms with Crippen molar-refractivity contribution in [2.45, 2.75) is 197 Å². The van der Waals surface area contributed by atoms with E-state index in [0.29, 0.717) is 0 Å². The Morgan fingerprint density at radius 2 is 0.929 bits per heavy atom. The molecule has 4 atom stereocenters. The highest BCUT2D eigenvalue weighted by molar-refractivity contribution is 4.99. The van der Waals surface area contributed by atoms with Gasteiger partial charge in [-0.05, 0) is 136 Å². The molecule has 0 aromatic carbocycles. The van der Waals surface area contributed by atoms with Crippen molar-refractivity contribution in [1.82, 2.24) is 0 Å². The molecule has 0 bridgehead atoms. The summed E-state index contributed by atoms with van der Waals surface area (Å²) in [4.78, 5) is 0. The second-order valence-electron chi connectivity index (χ2n) is 15.5. The Labute approximate surface area is 266 Å². The monoisotopic (exact) mass is 587 g/mol. The minimum absolute atomic E-state index is 0.0162. The molecule has 0 aliphatic carbocycles. The molecule has 0 N–H and O–H groups in total. The molecule has 0 aromatic rings. The summed E-state index contributed by atoms with van der Waals surface area (Å²) in [6.45, 7) is 23.3. The van der Waals surface area contributed by atoms with Crippen LogP contribution in [0, 0.1) is 23.7 Å². The molecule has 0 saturated heterocycles. The van der Waals surface area contributed by atoms with Gasteiger partial charge in [0, 0.05) is 7.11 Å². The lowest BCUT2D eigenvalue weighted by atomic mass is 9.91. The molecule has 1 heteroatoms. The third kappa shape index (κ3) is 26.8. The van der Waals surface area contributed by atoms with Crippen LogP contribution >= 0.6 is 0 Å². The SMILES string of the molecule is COC(C)(C)CCC/C(C)=C/CCC(C)CCC/C(C)=C/CCCC(C)CCCC(C)CCCC(C)CCC=C(C)C. The van der Waals surface area contributed by atoms with Crippen LogP contribution in [0.2, 0.25) is 0 Å². The first-order valence-electron chi connectivity index (χ1n) is 18.3. The topological polar surface area (TPSA) is 9.23 Å². The van der Waals surface area contributed by atoms with E-state index >= 15 is 0 Å². The molecule has 0 saturated carbocycles. The number of methoxy groups -OCH3 is 1. The van der Waals surface area contributed by atoms with E-state index in [2.05, 4.69) is 87.5 Å². The van der Waals surface area contributed by atoms with E-state index in [0.717, 1.165) is 30.1 Å². The van der Waals surface area contributed by atoms with Gasteiger partial charge in [-0.15, -0.1) is 0 Å². The Morgan fingerprint density at radius 1 is 0.524 bits per heavy atom. The van der Waals surface area contributed by atoms with Crippen LogP contribution in [0.25, 0.3) is 0 Å². The van der Waals surface area contributed by atoms with Gasteiger partial charge in [-0.3, -0.25) is 0 Å². The maximum absolute atomic E-state index is 5.54. The summed E-state index contributed by atoms with van der Waals surface area (Å²) < 4.78 is 5.54. The van der Waals surface area contributed by atoms with Crippen LogP contribution in [0.1, 0.15) is 191 Å². The second-order valence-corrected chi connectivity index (χ2v) is 15.5. The summed E-state index contributed by atoms with van der Waals surface area (Å²) in [7, 11) is 1.82. The van der Waals surface area contributed by atoms with Crippen molar-refractivity contribution in [2.75, 3.05) is 7.11 Å². The molecule has 0 radical (unpaired) electrons. The van der Waals surface area contributed by atoms with Crippen LogP contribution in [0.4, 0.5) is 0 Å². The largest absolute Gasteiger partial charge is 0.379 e. The quantitative estimate of drug-likeness (QED) is 0.0687.